The second kappa shape index (κ2) is 7.63. The summed E-state index contributed by atoms with van der Waals surface area (Å²) < 4.78 is 7.66. The molecule has 0 aliphatic heterocycles. The van der Waals surface area contributed by atoms with Crippen molar-refractivity contribution in [2.24, 2.45) is 0 Å². The van der Waals surface area contributed by atoms with Crippen LogP contribution in [0.2, 0.25) is 13.1 Å². The molecule has 0 spiro atoms. The number of nitrogens with zero attached hydrogens (tertiary/aromatic N) is 1. The molecule has 0 saturated heterocycles. The van der Waals surface area contributed by atoms with Crippen LogP contribution in [0.15, 0.2) is 12.7 Å². The van der Waals surface area contributed by atoms with Gasteiger partial charge in [-0.3, -0.25) is 0 Å². The lowest BCUT2D eigenvalue weighted by Crippen LogP contribution is -2.53. The van der Waals surface area contributed by atoms with Gasteiger partial charge >= 0.3 is 5.97 Å². The van der Waals surface area contributed by atoms with Gasteiger partial charge in [0.2, 0.25) is 0 Å². The zero-order chi connectivity index (χ0) is 12.6. The summed E-state index contributed by atoms with van der Waals surface area (Å²) in [7, 11) is -1.61. The average molecular weight is 243 g/mol. The average Bonchev–Trinajstić information content (AvgIpc) is 2.26. The Balaban J connectivity index is 4.23. The Morgan fingerprint density at radius 3 is 2.50 bits per heavy atom. The lowest BCUT2D eigenvalue weighted by molar-refractivity contribution is -0.136. The van der Waals surface area contributed by atoms with Crippen LogP contribution >= 0.6 is 0 Å². The van der Waals surface area contributed by atoms with Crippen LogP contribution in [0.25, 0.3) is 0 Å². The molecule has 0 amide bonds. The number of carbonyl (C=O) groups excluding carboxylic acids is 1. The summed E-state index contributed by atoms with van der Waals surface area (Å²) in [6.45, 7) is 14.4. The topological polar surface area (TPSA) is 29.5 Å². The summed E-state index contributed by atoms with van der Waals surface area (Å²) in [5.74, 6) is -0.313. The third kappa shape index (κ3) is 5.46. The summed E-state index contributed by atoms with van der Waals surface area (Å²) in [5.41, 5.74) is 0. The molecule has 16 heavy (non-hydrogen) atoms. The van der Waals surface area contributed by atoms with Gasteiger partial charge in [0.15, 0.2) is 8.24 Å². The SMILES string of the molecule is C=CC(=O)OC[Si](C)(C)N(CC)CCCC. The van der Waals surface area contributed by atoms with Crippen molar-refractivity contribution in [3.8, 4) is 0 Å². The maximum absolute atomic E-state index is 11.0. The van der Waals surface area contributed by atoms with Crippen LogP contribution in [-0.2, 0) is 9.53 Å². The fourth-order valence-corrected chi connectivity index (χ4v) is 3.93. The Kier molecular flexibility index (Phi) is 7.33. The highest BCUT2D eigenvalue weighted by Gasteiger charge is 2.29. The Hall–Kier alpha value is -0.613. The smallest absolute Gasteiger partial charge is 0.329 e. The van der Waals surface area contributed by atoms with Gasteiger partial charge < -0.3 is 9.30 Å². The largest absolute Gasteiger partial charge is 0.465 e. The van der Waals surface area contributed by atoms with Crippen LogP contribution in [0.5, 0.6) is 0 Å². The molecular weight excluding hydrogens is 218 g/mol. The Morgan fingerprint density at radius 2 is 2.06 bits per heavy atom. The van der Waals surface area contributed by atoms with Crippen molar-refractivity contribution < 1.29 is 9.53 Å². The molecule has 0 aromatic heterocycles. The third-order valence-electron chi connectivity index (χ3n) is 2.75. The van der Waals surface area contributed by atoms with Crippen molar-refractivity contribution in [2.75, 3.05) is 19.3 Å². The summed E-state index contributed by atoms with van der Waals surface area (Å²) in [4.78, 5) is 11.0. The van der Waals surface area contributed by atoms with Crippen molar-refractivity contribution in [2.45, 2.75) is 39.8 Å². The molecule has 0 atom stereocenters. The maximum atomic E-state index is 11.0. The van der Waals surface area contributed by atoms with E-state index in [1.54, 1.807) is 0 Å². The molecule has 0 radical (unpaired) electrons. The number of hydrogen-bond donors (Lipinski definition) is 0. The maximum Gasteiger partial charge on any atom is 0.329 e. The van der Waals surface area contributed by atoms with E-state index in [-0.39, 0.29) is 5.97 Å². The van der Waals surface area contributed by atoms with Crippen molar-refractivity contribution in [3.05, 3.63) is 12.7 Å². The molecule has 0 saturated carbocycles. The number of unbranched alkanes of at least 4 members (excludes halogenated alkanes) is 1. The number of ether oxygens (including phenoxy) is 1. The summed E-state index contributed by atoms with van der Waals surface area (Å²) in [6.07, 6.45) is 4.19. The quantitative estimate of drug-likeness (QED) is 0.373. The molecule has 94 valence electrons. The highest BCUT2D eigenvalue weighted by molar-refractivity contribution is 6.74. The molecule has 0 N–H and O–H groups in total. The summed E-state index contributed by atoms with van der Waals surface area (Å²) in [5, 5.41) is 0. The van der Waals surface area contributed by atoms with Crippen LogP contribution in [0.1, 0.15) is 26.7 Å². The standard InChI is InChI=1S/C12H25NO2Si/c1-6-9-10-13(8-3)16(4,5)11-15-12(14)7-2/h7H,2,6,8-11H2,1,3-5H3. The first-order valence-electron chi connectivity index (χ1n) is 6.02. The van der Waals surface area contributed by atoms with E-state index in [9.17, 15) is 4.79 Å². The van der Waals surface area contributed by atoms with Crippen LogP contribution in [-0.4, -0.2) is 38.1 Å². The first-order chi connectivity index (χ1) is 7.47. The van der Waals surface area contributed by atoms with E-state index in [1.807, 2.05) is 0 Å². The van der Waals surface area contributed by atoms with Crippen molar-refractivity contribution in [3.63, 3.8) is 0 Å². The Bertz CT molecular complexity index is 229. The number of esters is 1. The predicted octanol–water partition coefficient (Wildman–Crippen LogP) is 2.58. The highest BCUT2D eigenvalue weighted by Crippen LogP contribution is 2.11. The normalized spacial score (nSPS) is 11.6. The second-order valence-electron chi connectivity index (χ2n) is 4.56. The van der Waals surface area contributed by atoms with Crippen molar-refractivity contribution in [1.82, 2.24) is 4.57 Å². The summed E-state index contributed by atoms with van der Waals surface area (Å²) in [6, 6.07) is 0. The fourth-order valence-electron chi connectivity index (χ4n) is 1.64. The first kappa shape index (κ1) is 15.4. The van der Waals surface area contributed by atoms with Crippen LogP contribution in [0.4, 0.5) is 0 Å². The minimum atomic E-state index is -1.61. The Morgan fingerprint density at radius 1 is 1.44 bits per heavy atom. The molecule has 0 heterocycles. The molecule has 0 bridgehead atoms. The molecule has 0 aromatic carbocycles. The van der Waals surface area contributed by atoms with E-state index in [4.69, 9.17) is 4.74 Å². The van der Waals surface area contributed by atoms with Gasteiger partial charge in [-0.15, -0.1) is 0 Å². The molecule has 0 aromatic rings. The minimum absolute atomic E-state index is 0.313. The predicted molar refractivity (Wildman–Crippen MR) is 70.8 cm³/mol. The fraction of sp³-hybridized carbons (Fsp3) is 0.750. The van der Waals surface area contributed by atoms with E-state index < -0.39 is 8.24 Å². The van der Waals surface area contributed by atoms with E-state index in [0.29, 0.717) is 6.23 Å². The van der Waals surface area contributed by atoms with Crippen LogP contribution in [0.3, 0.4) is 0 Å². The monoisotopic (exact) mass is 243 g/mol. The molecule has 3 nitrogen and oxygen atoms in total. The molecule has 0 rings (SSSR count). The zero-order valence-electron chi connectivity index (χ0n) is 11.1. The van der Waals surface area contributed by atoms with Gasteiger partial charge in [0.1, 0.15) is 0 Å². The molecule has 0 aliphatic carbocycles. The first-order valence-corrected chi connectivity index (χ1v) is 9.17. The molecule has 0 aliphatic rings. The van der Waals surface area contributed by atoms with Gasteiger partial charge in [0.25, 0.3) is 0 Å². The van der Waals surface area contributed by atoms with Gasteiger partial charge in [-0.2, -0.15) is 0 Å². The van der Waals surface area contributed by atoms with Crippen molar-refractivity contribution >= 4 is 14.2 Å². The Labute approximate surface area is 101 Å². The number of hydrogen-bond acceptors (Lipinski definition) is 3. The van der Waals surface area contributed by atoms with Gasteiger partial charge in [0.05, 0.1) is 6.23 Å². The van der Waals surface area contributed by atoms with Crippen molar-refractivity contribution in [1.29, 1.82) is 0 Å². The number of rotatable bonds is 8. The summed E-state index contributed by atoms with van der Waals surface area (Å²) >= 11 is 0. The van der Waals surface area contributed by atoms with E-state index >= 15 is 0 Å². The van der Waals surface area contributed by atoms with Gasteiger partial charge in [-0.1, -0.05) is 39.9 Å². The van der Waals surface area contributed by atoms with Gasteiger partial charge in [-0.25, -0.2) is 4.79 Å². The minimum Gasteiger partial charge on any atom is -0.465 e. The van der Waals surface area contributed by atoms with Crippen LogP contribution < -0.4 is 0 Å². The molecular formula is C12H25NO2Si. The molecule has 4 heteroatoms. The van der Waals surface area contributed by atoms with E-state index in [0.717, 1.165) is 13.1 Å². The second-order valence-corrected chi connectivity index (χ2v) is 9.10. The highest BCUT2D eigenvalue weighted by atomic mass is 28.3. The lowest BCUT2D eigenvalue weighted by Gasteiger charge is -2.35. The van der Waals surface area contributed by atoms with E-state index in [2.05, 4.69) is 38.1 Å². The van der Waals surface area contributed by atoms with Gasteiger partial charge in [-0.05, 0) is 19.5 Å². The van der Waals surface area contributed by atoms with Gasteiger partial charge in [0, 0.05) is 6.08 Å². The van der Waals surface area contributed by atoms with E-state index in [1.165, 1.54) is 18.9 Å². The van der Waals surface area contributed by atoms with Crippen LogP contribution in [0, 0.1) is 0 Å². The third-order valence-corrected chi connectivity index (χ3v) is 5.86. The zero-order valence-corrected chi connectivity index (χ0v) is 12.1. The number of carbonyl (C=O) groups is 1. The lowest BCUT2D eigenvalue weighted by atomic mass is 10.3. The molecule has 0 unspecified atom stereocenters. The molecule has 0 fully saturated rings.